The molecule has 1 aromatic rings. The number of thioether (sulfide) groups is 1. The first-order chi connectivity index (χ1) is 8.06. The van der Waals surface area contributed by atoms with Crippen LogP contribution in [0, 0.1) is 0 Å². The van der Waals surface area contributed by atoms with Gasteiger partial charge in [-0.1, -0.05) is 29.8 Å². The predicted molar refractivity (Wildman–Crippen MR) is 72.4 cm³/mol. The van der Waals surface area contributed by atoms with Gasteiger partial charge in [-0.15, -0.1) is 0 Å². The molecular formula is C12H16ClNO2S. The number of hydrogen-bond donors (Lipinski definition) is 2. The van der Waals surface area contributed by atoms with Gasteiger partial charge < -0.3 is 10.4 Å². The van der Waals surface area contributed by atoms with Gasteiger partial charge in [-0.2, -0.15) is 11.8 Å². The second-order valence-corrected chi connectivity index (χ2v) is 5.25. The molecule has 1 rings (SSSR count). The van der Waals surface area contributed by atoms with E-state index in [1.165, 1.54) is 11.8 Å². The van der Waals surface area contributed by atoms with Crippen molar-refractivity contribution in [2.75, 3.05) is 12.8 Å². The summed E-state index contributed by atoms with van der Waals surface area (Å²) >= 11 is 7.41. The van der Waals surface area contributed by atoms with E-state index in [1.807, 2.05) is 13.2 Å². The van der Waals surface area contributed by atoms with Gasteiger partial charge in [0.1, 0.15) is 0 Å². The quantitative estimate of drug-likeness (QED) is 0.865. The van der Waals surface area contributed by atoms with Crippen LogP contribution in [0.2, 0.25) is 5.02 Å². The maximum atomic E-state index is 11.5. The summed E-state index contributed by atoms with van der Waals surface area (Å²) in [4.78, 5) is 11.5. The van der Waals surface area contributed by atoms with Crippen molar-refractivity contribution in [2.24, 2.45) is 0 Å². The van der Waals surface area contributed by atoms with Crippen molar-refractivity contribution in [1.82, 2.24) is 5.32 Å². The Kier molecular flexibility index (Phi) is 5.82. The molecule has 0 aliphatic rings. The number of aliphatic hydroxyl groups is 1. The Bertz CT molecular complexity index is 387. The third-order valence-corrected chi connectivity index (χ3v) is 3.72. The zero-order valence-corrected chi connectivity index (χ0v) is 11.4. The van der Waals surface area contributed by atoms with E-state index < -0.39 is 6.10 Å². The van der Waals surface area contributed by atoms with E-state index >= 15 is 0 Å². The first kappa shape index (κ1) is 14.4. The van der Waals surface area contributed by atoms with Gasteiger partial charge in [-0.25, -0.2) is 0 Å². The Hall–Kier alpha value is -0.710. The van der Waals surface area contributed by atoms with Gasteiger partial charge in [0, 0.05) is 17.1 Å². The SMILES string of the molecule is CSC(C)C(=O)NCC(O)c1ccccc1Cl. The molecule has 0 saturated carbocycles. The van der Waals surface area contributed by atoms with E-state index in [0.29, 0.717) is 10.6 Å². The third kappa shape index (κ3) is 4.22. The van der Waals surface area contributed by atoms with Crippen LogP contribution in [-0.2, 0) is 4.79 Å². The molecule has 0 saturated heterocycles. The van der Waals surface area contributed by atoms with Gasteiger partial charge in [-0.05, 0) is 19.2 Å². The Morgan fingerprint density at radius 1 is 1.53 bits per heavy atom. The van der Waals surface area contributed by atoms with Gasteiger partial charge in [0.2, 0.25) is 5.91 Å². The smallest absolute Gasteiger partial charge is 0.232 e. The summed E-state index contributed by atoms with van der Waals surface area (Å²) in [6, 6.07) is 7.06. The van der Waals surface area contributed by atoms with Gasteiger partial charge in [0.05, 0.1) is 11.4 Å². The average Bonchev–Trinajstić information content (AvgIpc) is 2.35. The second-order valence-electron chi connectivity index (χ2n) is 3.66. The molecular weight excluding hydrogens is 258 g/mol. The van der Waals surface area contributed by atoms with Crippen LogP contribution in [0.25, 0.3) is 0 Å². The van der Waals surface area contributed by atoms with E-state index in [9.17, 15) is 9.90 Å². The number of amides is 1. The Balaban J connectivity index is 2.53. The fraction of sp³-hybridized carbons (Fsp3) is 0.417. The van der Waals surface area contributed by atoms with Gasteiger partial charge in [0.15, 0.2) is 0 Å². The van der Waals surface area contributed by atoms with Gasteiger partial charge in [-0.3, -0.25) is 4.79 Å². The van der Waals surface area contributed by atoms with Crippen LogP contribution in [0.5, 0.6) is 0 Å². The monoisotopic (exact) mass is 273 g/mol. The van der Waals surface area contributed by atoms with Crippen molar-refractivity contribution in [3.63, 3.8) is 0 Å². The molecule has 17 heavy (non-hydrogen) atoms. The highest BCUT2D eigenvalue weighted by molar-refractivity contribution is 7.99. The number of carbonyl (C=O) groups excluding carboxylic acids is 1. The maximum absolute atomic E-state index is 11.5. The van der Waals surface area contributed by atoms with Gasteiger partial charge in [0.25, 0.3) is 0 Å². The molecule has 0 heterocycles. The summed E-state index contributed by atoms with van der Waals surface area (Å²) in [5.74, 6) is -0.0800. The summed E-state index contributed by atoms with van der Waals surface area (Å²) in [5.41, 5.74) is 0.631. The normalized spacial score (nSPS) is 14.1. The largest absolute Gasteiger partial charge is 0.387 e. The molecule has 1 aromatic carbocycles. The van der Waals surface area contributed by atoms with Crippen molar-refractivity contribution in [1.29, 1.82) is 0 Å². The lowest BCUT2D eigenvalue weighted by molar-refractivity contribution is -0.120. The molecule has 2 N–H and O–H groups in total. The number of rotatable bonds is 5. The van der Waals surface area contributed by atoms with E-state index in [4.69, 9.17) is 11.6 Å². The molecule has 2 unspecified atom stereocenters. The van der Waals surface area contributed by atoms with Crippen LogP contribution in [-0.4, -0.2) is 29.1 Å². The highest BCUT2D eigenvalue weighted by atomic mass is 35.5. The molecule has 0 aliphatic heterocycles. The Morgan fingerprint density at radius 3 is 2.76 bits per heavy atom. The van der Waals surface area contributed by atoms with Crippen molar-refractivity contribution >= 4 is 29.3 Å². The summed E-state index contributed by atoms with van der Waals surface area (Å²) < 4.78 is 0. The maximum Gasteiger partial charge on any atom is 0.232 e. The van der Waals surface area contributed by atoms with Crippen molar-refractivity contribution in [3.8, 4) is 0 Å². The van der Waals surface area contributed by atoms with Crippen LogP contribution in [0.15, 0.2) is 24.3 Å². The van der Waals surface area contributed by atoms with E-state index in [1.54, 1.807) is 24.3 Å². The molecule has 0 aromatic heterocycles. The predicted octanol–water partition coefficient (Wildman–Crippen LogP) is 2.24. The minimum Gasteiger partial charge on any atom is -0.387 e. The zero-order valence-electron chi connectivity index (χ0n) is 9.81. The number of halogens is 1. The number of carbonyl (C=O) groups is 1. The molecule has 5 heteroatoms. The van der Waals surface area contributed by atoms with Crippen molar-refractivity contribution in [2.45, 2.75) is 18.3 Å². The molecule has 0 fully saturated rings. The summed E-state index contributed by atoms with van der Waals surface area (Å²) in [7, 11) is 0. The molecule has 0 radical (unpaired) electrons. The minimum atomic E-state index is -0.776. The summed E-state index contributed by atoms with van der Waals surface area (Å²) in [6.45, 7) is 2.00. The molecule has 0 spiro atoms. The minimum absolute atomic E-state index is 0.0800. The lowest BCUT2D eigenvalue weighted by Crippen LogP contribution is -2.34. The molecule has 94 valence electrons. The highest BCUT2D eigenvalue weighted by Gasteiger charge is 2.15. The fourth-order valence-corrected chi connectivity index (χ4v) is 1.86. The molecule has 1 amide bonds. The Labute approximate surface area is 111 Å². The average molecular weight is 274 g/mol. The van der Waals surface area contributed by atoms with E-state index in [0.717, 1.165) is 0 Å². The van der Waals surface area contributed by atoms with Crippen LogP contribution in [0.1, 0.15) is 18.6 Å². The van der Waals surface area contributed by atoms with Gasteiger partial charge >= 0.3 is 0 Å². The third-order valence-electron chi connectivity index (χ3n) is 2.46. The molecule has 0 bridgehead atoms. The first-order valence-electron chi connectivity index (χ1n) is 5.29. The summed E-state index contributed by atoms with van der Waals surface area (Å²) in [5, 5.41) is 13.0. The topological polar surface area (TPSA) is 49.3 Å². The standard InChI is InChI=1S/C12H16ClNO2S/c1-8(17-2)12(16)14-7-11(15)9-5-3-4-6-10(9)13/h3-6,8,11,15H,7H2,1-2H3,(H,14,16). The van der Waals surface area contributed by atoms with Crippen LogP contribution in [0.4, 0.5) is 0 Å². The fourth-order valence-electron chi connectivity index (χ4n) is 1.30. The Morgan fingerprint density at radius 2 is 2.18 bits per heavy atom. The number of aliphatic hydroxyl groups excluding tert-OH is 1. The zero-order chi connectivity index (χ0) is 12.8. The first-order valence-corrected chi connectivity index (χ1v) is 6.95. The van der Waals surface area contributed by atoms with Crippen molar-refractivity contribution in [3.05, 3.63) is 34.9 Å². The van der Waals surface area contributed by atoms with Crippen molar-refractivity contribution < 1.29 is 9.90 Å². The van der Waals surface area contributed by atoms with Crippen LogP contribution in [0.3, 0.4) is 0 Å². The molecule has 3 nitrogen and oxygen atoms in total. The van der Waals surface area contributed by atoms with E-state index in [-0.39, 0.29) is 17.7 Å². The van der Waals surface area contributed by atoms with Crippen LogP contribution < -0.4 is 5.32 Å². The highest BCUT2D eigenvalue weighted by Crippen LogP contribution is 2.21. The van der Waals surface area contributed by atoms with Crippen LogP contribution >= 0.6 is 23.4 Å². The second kappa shape index (κ2) is 6.89. The lowest BCUT2D eigenvalue weighted by Gasteiger charge is -2.15. The van der Waals surface area contributed by atoms with E-state index in [2.05, 4.69) is 5.32 Å². The summed E-state index contributed by atoms with van der Waals surface area (Å²) in [6.07, 6.45) is 1.09. The number of benzene rings is 1. The lowest BCUT2D eigenvalue weighted by atomic mass is 10.1. The molecule has 0 aliphatic carbocycles. The number of nitrogens with one attached hydrogen (secondary N) is 1. The molecule has 2 atom stereocenters. The number of hydrogen-bond acceptors (Lipinski definition) is 3.